The van der Waals surface area contributed by atoms with Crippen LogP contribution in [0.15, 0.2) is 79.5 Å². The topological polar surface area (TPSA) is 99.5 Å². The van der Waals surface area contributed by atoms with E-state index in [-0.39, 0.29) is 0 Å². The van der Waals surface area contributed by atoms with E-state index in [1.807, 2.05) is 40.1 Å². The van der Waals surface area contributed by atoms with E-state index < -0.39 is 0 Å². The highest BCUT2D eigenvalue weighted by Crippen LogP contribution is 2.28. The molecule has 8 nitrogen and oxygen atoms in total. The Morgan fingerprint density at radius 3 is 2.46 bits per heavy atom. The first-order chi connectivity index (χ1) is 18.0. The molecule has 3 N–H and O–H groups in total. The molecule has 0 radical (unpaired) electrons. The van der Waals surface area contributed by atoms with Crippen molar-refractivity contribution >= 4 is 33.3 Å². The number of aryl methyl sites for hydroxylation is 2. The number of nitrogens with two attached hydrogens (primary N) is 1. The highest BCUT2D eigenvalue weighted by molar-refractivity contribution is 5.94. The highest BCUT2D eigenvalue weighted by atomic mass is 15.3. The SMILES string of the molecule is Cc1cc2c(N)nccc2c(C)c1CNc1cc2c(cn1)cnn2Cc1ccc(Cn2cccn2)cc1. The van der Waals surface area contributed by atoms with Crippen LogP contribution in [0.2, 0.25) is 0 Å². The maximum absolute atomic E-state index is 6.11. The third-order valence-electron chi connectivity index (χ3n) is 6.95. The van der Waals surface area contributed by atoms with Crippen LogP contribution in [-0.2, 0) is 19.6 Å². The Labute approximate surface area is 214 Å². The van der Waals surface area contributed by atoms with Crippen molar-refractivity contribution < 1.29 is 0 Å². The van der Waals surface area contributed by atoms with Gasteiger partial charge in [0.15, 0.2) is 0 Å². The molecule has 184 valence electrons. The van der Waals surface area contributed by atoms with E-state index in [9.17, 15) is 0 Å². The molecule has 0 aliphatic carbocycles. The van der Waals surface area contributed by atoms with Gasteiger partial charge in [-0.1, -0.05) is 24.3 Å². The van der Waals surface area contributed by atoms with Gasteiger partial charge in [0.2, 0.25) is 0 Å². The van der Waals surface area contributed by atoms with Crippen molar-refractivity contribution in [3.05, 3.63) is 107 Å². The lowest BCUT2D eigenvalue weighted by molar-refractivity contribution is 0.684. The molecule has 0 spiro atoms. The van der Waals surface area contributed by atoms with Crippen molar-refractivity contribution in [2.45, 2.75) is 33.5 Å². The van der Waals surface area contributed by atoms with E-state index in [4.69, 9.17) is 5.73 Å². The van der Waals surface area contributed by atoms with Crippen molar-refractivity contribution in [2.24, 2.45) is 0 Å². The van der Waals surface area contributed by atoms with Gasteiger partial charge in [-0.15, -0.1) is 0 Å². The van der Waals surface area contributed by atoms with Gasteiger partial charge in [0, 0.05) is 48.2 Å². The van der Waals surface area contributed by atoms with Crippen LogP contribution in [0.3, 0.4) is 0 Å². The molecule has 4 heterocycles. The summed E-state index contributed by atoms with van der Waals surface area (Å²) in [6.45, 7) is 6.37. The molecule has 0 atom stereocenters. The molecular weight excluding hydrogens is 460 g/mol. The summed E-state index contributed by atoms with van der Waals surface area (Å²) in [6.07, 6.45) is 9.28. The molecule has 0 aliphatic heterocycles. The average Bonchev–Trinajstić information content (AvgIpc) is 3.56. The minimum absolute atomic E-state index is 0.566. The minimum atomic E-state index is 0.566. The fraction of sp³-hybridized carbons (Fsp3) is 0.172. The van der Waals surface area contributed by atoms with Crippen LogP contribution in [0.4, 0.5) is 11.6 Å². The van der Waals surface area contributed by atoms with Gasteiger partial charge in [-0.25, -0.2) is 9.97 Å². The largest absolute Gasteiger partial charge is 0.383 e. The lowest BCUT2D eigenvalue weighted by Gasteiger charge is -2.15. The molecule has 0 aliphatic rings. The Kier molecular flexibility index (Phi) is 5.76. The first-order valence-corrected chi connectivity index (χ1v) is 12.3. The van der Waals surface area contributed by atoms with E-state index in [2.05, 4.69) is 75.7 Å². The maximum atomic E-state index is 6.11. The number of aromatic nitrogens is 6. The number of fused-ring (bicyclic) bond motifs is 2. The molecule has 6 aromatic rings. The van der Waals surface area contributed by atoms with Gasteiger partial charge < -0.3 is 11.1 Å². The number of nitrogens with zero attached hydrogens (tertiary/aromatic N) is 6. The van der Waals surface area contributed by atoms with Gasteiger partial charge >= 0.3 is 0 Å². The molecule has 0 saturated carbocycles. The van der Waals surface area contributed by atoms with E-state index in [0.29, 0.717) is 18.9 Å². The fourth-order valence-electron chi connectivity index (χ4n) is 4.88. The number of rotatable bonds is 7. The molecule has 0 unspecified atom stereocenters. The Balaban J connectivity index is 1.20. The first-order valence-electron chi connectivity index (χ1n) is 12.3. The normalized spacial score (nSPS) is 11.4. The van der Waals surface area contributed by atoms with Crippen LogP contribution >= 0.6 is 0 Å². The highest BCUT2D eigenvalue weighted by Gasteiger charge is 2.11. The molecule has 37 heavy (non-hydrogen) atoms. The fourth-order valence-corrected chi connectivity index (χ4v) is 4.88. The molecule has 4 aromatic heterocycles. The van der Waals surface area contributed by atoms with Gasteiger partial charge in [0.25, 0.3) is 0 Å². The van der Waals surface area contributed by atoms with Crippen molar-refractivity contribution in [1.29, 1.82) is 0 Å². The molecule has 0 amide bonds. The zero-order valence-electron chi connectivity index (χ0n) is 20.9. The molecule has 2 aromatic carbocycles. The molecule has 0 fully saturated rings. The van der Waals surface area contributed by atoms with Gasteiger partial charge in [0.1, 0.15) is 11.6 Å². The molecule has 6 rings (SSSR count). The van der Waals surface area contributed by atoms with Gasteiger partial charge in [0.05, 0.1) is 24.8 Å². The smallest absolute Gasteiger partial charge is 0.131 e. The van der Waals surface area contributed by atoms with Crippen LogP contribution in [0.25, 0.3) is 21.7 Å². The third-order valence-corrected chi connectivity index (χ3v) is 6.95. The minimum Gasteiger partial charge on any atom is -0.383 e. The Bertz CT molecular complexity index is 1700. The van der Waals surface area contributed by atoms with Crippen LogP contribution in [-0.4, -0.2) is 29.5 Å². The van der Waals surface area contributed by atoms with Crippen LogP contribution in [0.1, 0.15) is 27.8 Å². The van der Waals surface area contributed by atoms with E-state index in [0.717, 1.165) is 34.0 Å². The second-order valence-electron chi connectivity index (χ2n) is 9.39. The predicted octanol–water partition coefficient (Wildman–Crippen LogP) is 5.08. The second-order valence-corrected chi connectivity index (χ2v) is 9.39. The summed E-state index contributed by atoms with van der Waals surface area (Å²) in [5.41, 5.74) is 13.2. The lowest BCUT2D eigenvalue weighted by atomic mass is 9.96. The maximum Gasteiger partial charge on any atom is 0.131 e. The van der Waals surface area contributed by atoms with E-state index in [1.54, 1.807) is 12.4 Å². The van der Waals surface area contributed by atoms with Crippen LogP contribution < -0.4 is 11.1 Å². The average molecular weight is 489 g/mol. The zero-order valence-corrected chi connectivity index (χ0v) is 20.9. The van der Waals surface area contributed by atoms with Crippen LogP contribution in [0.5, 0.6) is 0 Å². The van der Waals surface area contributed by atoms with Gasteiger partial charge in [-0.05, 0) is 65.3 Å². The molecule has 0 saturated heterocycles. The van der Waals surface area contributed by atoms with Gasteiger partial charge in [-0.2, -0.15) is 10.2 Å². The molecule has 0 bridgehead atoms. The molecular formula is C29H28N8. The quantitative estimate of drug-likeness (QED) is 0.325. The Morgan fingerprint density at radius 2 is 1.68 bits per heavy atom. The second kappa shape index (κ2) is 9.39. The Morgan fingerprint density at radius 1 is 0.865 bits per heavy atom. The number of hydrogen-bond acceptors (Lipinski definition) is 6. The summed E-state index contributed by atoms with van der Waals surface area (Å²) in [5, 5.41) is 15.6. The van der Waals surface area contributed by atoms with Crippen LogP contribution in [0, 0.1) is 13.8 Å². The van der Waals surface area contributed by atoms with Crippen molar-refractivity contribution in [2.75, 3.05) is 11.1 Å². The lowest BCUT2D eigenvalue weighted by Crippen LogP contribution is -2.07. The monoisotopic (exact) mass is 488 g/mol. The van der Waals surface area contributed by atoms with Crippen molar-refractivity contribution in [3.63, 3.8) is 0 Å². The van der Waals surface area contributed by atoms with E-state index >= 15 is 0 Å². The summed E-state index contributed by atoms with van der Waals surface area (Å²) < 4.78 is 3.94. The summed E-state index contributed by atoms with van der Waals surface area (Å²) in [7, 11) is 0. The van der Waals surface area contributed by atoms with Crippen molar-refractivity contribution in [1.82, 2.24) is 29.5 Å². The number of hydrogen-bond donors (Lipinski definition) is 2. The first kappa shape index (κ1) is 22.7. The summed E-state index contributed by atoms with van der Waals surface area (Å²) in [6, 6.07) is 16.8. The summed E-state index contributed by atoms with van der Waals surface area (Å²) in [5.74, 6) is 1.38. The summed E-state index contributed by atoms with van der Waals surface area (Å²) in [4.78, 5) is 8.86. The van der Waals surface area contributed by atoms with E-state index in [1.165, 1.54) is 27.8 Å². The third kappa shape index (κ3) is 4.49. The number of nitrogens with one attached hydrogen (secondary N) is 1. The Hall–Kier alpha value is -4.72. The van der Waals surface area contributed by atoms with Gasteiger partial charge in [-0.3, -0.25) is 9.36 Å². The number of benzene rings is 2. The number of pyridine rings is 2. The number of anilines is 2. The van der Waals surface area contributed by atoms with Crippen molar-refractivity contribution in [3.8, 4) is 0 Å². The predicted molar refractivity (Wildman–Crippen MR) is 147 cm³/mol. The summed E-state index contributed by atoms with van der Waals surface area (Å²) >= 11 is 0. The standard InChI is InChI=1S/C29H28N8/c1-19-12-25-24(8-10-31-29(25)30)20(2)26(19)16-33-28-13-27-23(14-32-28)15-35-37(27)18-22-6-4-21(5-7-22)17-36-11-3-9-34-36/h3-15H,16-18H2,1-2H3,(H2,30,31)(H,32,33). The zero-order chi connectivity index (χ0) is 25.4. The number of nitrogen functional groups attached to an aromatic ring is 1. The molecule has 8 heteroatoms.